The van der Waals surface area contributed by atoms with E-state index in [0.29, 0.717) is 0 Å². The zero-order valence-electron chi connectivity index (χ0n) is 22.1. The van der Waals surface area contributed by atoms with E-state index in [4.69, 9.17) is 10.1 Å². The Morgan fingerprint density at radius 3 is 2.18 bits per heavy atom. The molecule has 1 radical (unpaired) electrons. The van der Waals surface area contributed by atoms with Gasteiger partial charge >= 0.3 is 0 Å². The van der Waals surface area contributed by atoms with Crippen LogP contribution in [-0.2, 0) is 24.9 Å². The molecule has 2 aromatic heterocycles. The van der Waals surface area contributed by atoms with Gasteiger partial charge in [-0.25, -0.2) is 0 Å². The third-order valence-electron chi connectivity index (χ3n) is 5.90. The Bertz CT molecular complexity index is 1580. The van der Waals surface area contributed by atoms with Gasteiger partial charge in [0, 0.05) is 36.4 Å². The molecule has 0 bridgehead atoms. The van der Waals surface area contributed by atoms with Gasteiger partial charge in [0.15, 0.2) is 5.78 Å². The Hall–Kier alpha value is -3.37. The van der Waals surface area contributed by atoms with Crippen molar-refractivity contribution in [2.45, 2.75) is 34.6 Å². The van der Waals surface area contributed by atoms with Gasteiger partial charge in [-0.15, -0.1) is 46.7 Å². The number of aliphatic hydroxyl groups excluding tert-OH is 1. The molecule has 3 nitrogen and oxygen atoms in total. The number of allylic oxidation sites excluding steroid dienone is 2. The van der Waals surface area contributed by atoms with E-state index in [-0.39, 0.29) is 31.6 Å². The zero-order chi connectivity index (χ0) is 26.5. The van der Waals surface area contributed by atoms with Crippen molar-refractivity contribution in [1.82, 2.24) is 4.98 Å². The summed E-state index contributed by atoms with van der Waals surface area (Å²) in [5, 5.41) is 9.56. The van der Waals surface area contributed by atoms with Crippen molar-refractivity contribution in [3.8, 4) is 32.8 Å². The van der Waals surface area contributed by atoms with E-state index in [1.807, 2.05) is 12.1 Å². The van der Waals surface area contributed by atoms with Crippen LogP contribution in [0.1, 0.15) is 30.5 Å². The van der Waals surface area contributed by atoms with Gasteiger partial charge in [0.05, 0.1) is 5.76 Å². The number of hydrogen-bond donors (Lipinski definition) is 1. The predicted molar refractivity (Wildman–Crippen MR) is 156 cm³/mol. The minimum atomic E-state index is -0.125. The van der Waals surface area contributed by atoms with Crippen LogP contribution < -0.4 is 0 Å². The Morgan fingerprint density at radius 2 is 1.58 bits per heavy atom. The van der Waals surface area contributed by atoms with Gasteiger partial charge in [0.2, 0.25) is 0 Å². The first-order chi connectivity index (χ1) is 17.7. The fraction of sp³-hybridized carbons (Fsp3) is 0.152. The second kappa shape index (κ2) is 12.9. The molecule has 195 valence electrons. The normalized spacial score (nSPS) is 10.9. The van der Waals surface area contributed by atoms with Crippen LogP contribution in [0.3, 0.4) is 0 Å². The molecule has 0 unspecified atom stereocenters. The van der Waals surface area contributed by atoms with Gasteiger partial charge in [-0.3, -0.25) is 9.78 Å². The van der Waals surface area contributed by atoms with E-state index in [9.17, 15) is 4.79 Å². The van der Waals surface area contributed by atoms with Crippen LogP contribution >= 0.6 is 11.3 Å². The molecule has 0 saturated heterocycles. The number of aryl methyl sites for hydroxylation is 3. The fourth-order valence-electron chi connectivity index (χ4n) is 4.48. The second-order valence-electron chi connectivity index (χ2n) is 9.23. The van der Waals surface area contributed by atoms with E-state index in [0.717, 1.165) is 16.1 Å². The van der Waals surface area contributed by atoms with E-state index in [2.05, 4.69) is 93.6 Å². The first-order valence-electron chi connectivity index (χ1n) is 12.2. The molecule has 0 spiro atoms. The van der Waals surface area contributed by atoms with Gasteiger partial charge in [-0.05, 0) is 68.6 Å². The maximum atomic E-state index is 10.0. The second-order valence-corrected chi connectivity index (χ2v) is 10.3. The number of ketones is 1. The summed E-state index contributed by atoms with van der Waals surface area (Å²) in [7, 11) is 0. The van der Waals surface area contributed by atoms with Crippen molar-refractivity contribution in [3.05, 3.63) is 113 Å². The Kier molecular flexibility index (Phi) is 9.93. The number of fused-ring (bicyclic) bond motifs is 1. The summed E-state index contributed by atoms with van der Waals surface area (Å²) in [6.45, 7) is 9.40. The Balaban J connectivity index is 0.000000444. The van der Waals surface area contributed by atoms with Gasteiger partial charge in [0.25, 0.3) is 0 Å². The summed E-state index contributed by atoms with van der Waals surface area (Å²) >= 11 is 1.77. The van der Waals surface area contributed by atoms with Crippen molar-refractivity contribution in [2.24, 2.45) is 0 Å². The number of aliphatic hydroxyl groups is 1. The number of pyridine rings is 1. The number of aromatic nitrogens is 1. The molecule has 0 saturated carbocycles. The number of thiophene rings is 1. The maximum absolute atomic E-state index is 10.0. The van der Waals surface area contributed by atoms with Crippen molar-refractivity contribution in [3.63, 3.8) is 0 Å². The molecular formula is C33H30IrNO2S-. The van der Waals surface area contributed by atoms with Crippen molar-refractivity contribution in [1.29, 1.82) is 0 Å². The largest absolute Gasteiger partial charge is 0.512 e. The van der Waals surface area contributed by atoms with Crippen LogP contribution in [0, 0.1) is 26.8 Å². The van der Waals surface area contributed by atoms with Crippen LogP contribution in [0.25, 0.3) is 43.0 Å². The first-order valence-corrected chi connectivity index (χ1v) is 13.0. The summed E-state index contributed by atoms with van der Waals surface area (Å²) < 4.78 is 0. The maximum Gasteiger partial charge on any atom is 0.155 e. The third kappa shape index (κ3) is 7.14. The molecule has 0 aliphatic rings. The van der Waals surface area contributed by atoms with Gasteiger partial charge in [0.1, 0.15) is 4.83 Å². The van der Waals surface area contributed by atoms with Crippen molar-refractivity contribution >= 4 is 27.3 Å². The van der Waals surface area contributed by atoms with Crippen molar-refractivity contribution < 1.29 is 30.0 Å². The standard InChI is InChI=1S/C28H22NS.C5H8O2.Ir/c1-18-14-19(2)27(20(3)15-18)26-17-24-12-13-25(29-28(24)30-26)23-11-7-10-22(16-23)21-8-5-4-6-9-21;1-4(6)3-5(2)7;/h4-10,12-17H,1-3H3;3,6H,1-2H3;/q-1;;/b;4-3-;. The fourth-order valence-corrected chi connectivity index (χ4v) is 5.69. The van der Waals surface area contributed by atoms with Crippen LogP contribution in [0.15, 0.2) is 90.7 Å². The van der Waals surface area contributed by atoms with E-state index < -0.39 is 0 Å². The average molecular weight is 697 g/mol. The zero-order valence-corrected chi connectivity index (χ0v) is 25.3. The molecule has 1 N–H and O–H groups in total. The Labute approximate surface area is 242 Å². The van der Waals surface area contributed by atoms with Crippen LogP contribution in [0.4, 0.5) is 0 Å². The van der Waals surface area contributed by atoms with Crippen LogP contribution in [-0.4, -0.2) is 15.9 Å². The molecule has 5 heteroatoms. The van der Waals surface area contributed by atoms with Crippen LogP contribution in [0.5, 0.6) is 0 Å². The van der Waals surface area contributed by atoms with E-state index in [1.165, 1.54) is 63.6 Å². The SMILES string of the molecule is CC(=O)/C=C(/C)O.Cc1cc(C)c(-c2cc3ccc(-c4[c-]ccc(-c5ccccc5)c4)nc3s2)c(C)c1.[Ir]. The van der Waals surface area contributed by atoms with Gasteiger partial charge in [-0.2, -0.15) is 0 Å². The molecule has 0 amide bonds. The Morgan fingerprint density at radius 1 is 0.895 bits per heavy atom. The minimum Gasteiger partial charge on any atom is -0.512 e. The molecule has 5 rings (SSSR count). The molecule has 0 aliphatic carbocycles. The van der Waals surface area contributed by atoms with Gasteiger partial charge in [-0.1, -0.05) is 60.2 Å². The number of carbonyl (C=O) groups is 1. The summed E-state index contributed by atoms with van der Waals surface area (Å²) in [6, 6.07) is 31.1. The number of carbonyl (C=O) groups excluding carboxylic acids is 1. The molecular weight excluding hydrogens is 667 g/mol. The minimum absolute atomic E-state index is 0. The number of rotatable bonds is 4. The van der Waals surface area contributed by atoms with E-state index >= 15 is 0 Å². The molecule has 0 atom stereocenters. The topological polar surface area (TPSA) is 50.2 Å². The predicted octanol–water partition coefficient (Wildman–Crippen LogP) is 9.06. The summed E-state index contributed by atoms with van der Waals surface area (Å²) in [5.74, 6) is -0.0625. The molecule has 38 heavy (non-hydrogen) atoms. The number of hydrogen-bond acceptors (Lipinski definition) is 4. The molecule has 5 aromatic rings. The first kappa shape index (κ1) is 29.2. The van der Waals surface area contributed by atoms with Crippen molar-refractivity contribution in [2.75, 3.05) is 0 Å². The van der Waals surface area contributed by atoms with Crippen LogP contribution in [0.2, 0.25) is 0 Å². The molecule has 0 fully saturated rings. The van der Waals surface area contributed by atoms with E-state index in [1.54, 1.807) is 11.3 Å². The summed E-state index contributed by atoms with van der Waals surface area (Å²) in [6.07, 6.45) is 1.17. The number of nitrogens with zero attached hydrogens (tertiary/aromatic N) is 1. The monoisotopic (exact) mass is 697 g/mol. The third-order valence-corrected chi connectivity index (χ3v) is 6.97. The van der Waals surface area contributed by atoms with Gasteiger partial charge < -0.3 is 5.11 Å². The average Bonchev–Trinajstić information content (AvgIpc) is 3.26. The quantitative estimate of drug-likeness (QED) is 0.116. The molecule has 3 aromatic carbocycles. The number of benzene rings is 3. The smallest absolute Gasteiger partial charge is 0.155 e. The molecule has 2 heterocycles. The molecule has 0 aliphatic heterocycles. The summed E-state index contributed by atoms with van der Waals surface area (Å²) in [4.78, 5) is 17.4. The summed E-state index contributed by atoms with van der Waals surface area (Å²) in [5.41, 5.74) is 9.67.